The van der Waals surface area contributed by atoms with E-state index in [2.05, 4.69) is 15.5 Å². The highest BCUT2D eigenvalue weighted by Gasteiger charge is 2.31. The second-order valence-corrected chi connectivity index (χ2v) is 7.82. The maximum absolute atomic E-state index is 12.0. The van der Waals surface area contributed by atoms with Gasteiger partial charge < -0.3 is 15.6 Å². The van der Waals surface area contributed by atoms with Crippen molar-refractivity contribution in [2.75, 3.05) is 12.8 Å². The van der Waals surface area contributed by atoms with Crippen LogP contribution in [0.15, 0.2) is 4.52 Å². The van der Waals surface area contributed by atoms with E-state index in [0.717, 1.165) is 18.7 Å². The second-order valence-electron chi connectivity index (χ2n) is 6.36. The number of thioether (sulfide) groups is 1. The van der Waals surface area contributed by atoms with Crippen molar-refractivity contribution in [1.29, 1.82) is 0 Å². The van der Waals surface area contributed by atoms with Crippen LogP contribution in [-0.2, 0) is 11.2 Å². The molecular weight excluding hydrogens is 300 g/mol. The standard InChI is InChI=1S/C15H26N4O2S/c1-15(2,22-3)12(16)13(20)17-9-8-11-18-14(21-19-11)10-6-4-5-7-10/h10,12H,4-9,16H2,1-3H3,(H,17,20)/t12-/m1/s1. The van der Waals surface area contributed by atoms with Gasteiger partial charge >= 0.3 is 0 Å². The van der Waals surface area contributed by atoms with E-state index >= 15 is 0 Å². The van der Waals surface area contributed by atoms with Gasteiger partial charge in [-0.15, -0.1) is 0 Å². The highest BCUT2D eigenvalue weighted by atomic mass is 32.2. The Morgan fingerprint density at radius 1 is 1.50 bits per heavy atom. The molecule has 1 saturated carbocycles. The molecule has 6 nitrogen and oxygen atoms in total. The molecule has 1 aliphatic carbocycles. The molecular formula is C15H26N4O2S. The van der Waals surface area contributed by atoms with Crippen molar-refractivity contribution in [2.24, 2.45) is 5.73 Å². The number of aromatic nitrogens is 2. The van der Waals surface area contributed by atoms with Crippen LogP contribution in [0.25, 0.3) is 0 Å². The van der Waals surface area contributed by atoms with Crippen molar-refractivity contribution < 1.29 is 9.32 Å². The summed E-state index contributed by atoms with van der Waals surface area (Å²) in [6.45, 7) is 4.41. The Morgan fingerprint density at radius 2 is 2.18 bits per heavy atom. The Labute approximate surface area is 136 Å². The van der Waals surface area contributed by atoms with E-state index in [0.29, 0.717) is 24.7 Å². The molecule has 7 heteroatoms. The van der Waals surface area contributed by atoms with Crippen molar-refractivity contribution in [1.82, 2.24) is 15.5 Å². The summed E-state index contributed by atoms with van der Waals surface area (Å²) in [4.78, 5) is 16.5. The molecule has 0 spiro atoms. The Morgan fingerprint density at radius 3 is 2.82 bits per heavy atom. The minimum atomic E-state index is -0.540. The van der Waals surface area contributed by atoms with Crippen LogP contribution in [0, 0.1) is 0 Å². The van der Waals surface area contributed by atoms with E-state index in [4.69, 9.17) is 10.3 Å². The van der Waals surface area contributed by atoms with Gasteiger partial charge in [0.2, 0.25) is 11.8 Å². The average molecular weight is 326 g/mol. The quantitative estimate of drug-likeness (QED) is 0.794. The summed E-state index contributed by atoms with van der Waals surface area (Å²) >= 11 is 1.59. The molecule has 1 heterocycles. The molecule has 1 atom stereocenters. The molecule has 22 heavy (non-hydrogen) atoms. The lowest BCUT2D eigenvalue weighted by atomic mass is 10.0. The third kappa shape index (κ3) is 4.23. The number of nitrogens with two attached hydrogens (primary N) is 1. The van der Waals surface area contributed by atoms with Gasteiger partial charge in [0.25, 0.3) is 0 Å². The first-order valence-corrected chi connectivity index (χ1v) is 9.07. The van der Waals surface area contributed by atoms with Crippen LogP contribution < -0.4 is 11.1 Å². The first-order chi connectivity index (χ1) is 10.4. The number of carbonyl (C=O) groups is 1. The summed E-state index contributed by atoms with van der Waals surface area (Å²) in [6, 6.07) is -0.540. The Kier molecular flexibility index (Phi) is 5.86. The molecule has 0 bridgehead atoms. The van der Waals surface area contributed by atoms with Gasteiger partial charge in [0.05, 0.1) is 6.04 Å². The molecule has 0 aliphatic heterocycles. The summed E-state index contributed by atoms with van der Waals surface area (Å²) in [6.07, 6.45) is 7.27. The van der Waals surface area contributed by atoms with Crippen LogP contribution in [0.5, 0.6) is 0 Å². The fourth-order valence-electron chi connectivity index (χ4n) is 2.56. The highest BCUT2D eigenvalue weighted by Crippen LogP contribution is 2.32. The van der Waals surface area contributed by atoms with Gasteiger partial charge in [-0.25, -0.2) is 0 Å². The Bertz CT molecular complexity index is 497. The summed E-state index contributed by atoms with van der Waals surface area (Å²) in [5, 5.41) is 6.85. The normalized spacial score (nSPS) is 17.6. The number of amides is 1. The highest BCUT2D eigenvalue weighted by molar-refractivity contribution is 8.00. The van der Waals surface area contributed by atoms with E-state index in [1.807, 2.05) is 20.1 Å². The van der Waals surface area contributed by atoms with Crippen LogP contribution in [0.2, 0.25) is 0 Å². The maximum Gasteiger partial charge on any atom is 0.238 e. The van der Waals surface area contributed by atoms with Gasteiger partial charge in [0.15, 0.2) is 5.82 Å². The third-order valence-electron chi connectivity index (χ3n) is 4.39. The van der Waals surface area contributed by atoms with Crippen molar-refractivity contribution in [3.63, 3.8) is 0 Å². The van der Waals surface area contributed by atoms with Gasteiger partial charge in [-0.1, -0.05) is 18.0 Å². The average Bonchev–Trinajstić information content (AvgIpc) is 3.17. The lowest BCUT2D eigenvalue weighted by Crippen LogP contribution is -2.52. The van der Waals surface area contributed by atoms with Gasteiger partial charge in [0.1, 0.15) is 0 Å². The number of rotatable bonds is 7. The van der Waals surface area contributed by atoms with Crippen LogP contribution in [0.1, 0.15) is 57.2 Å². The van der Waals surface area contributed by atoms with Gasteiger partial charge in [0, 0.05) is 23.6 Å². The topological polar surface area (TPSA) is 94.0 Å². The number of nitrogens with zero attached hydrogens (tertiary/aromatic N) is 2. The Balaban J connectivity index is 1.77. The van der Waals surface area contributed by atoms with Crippen molar-refractivity contribution in [2.45, 2.75) is 62.7 Å². The smallest absolute Gasteiger partial charge is 0.238 e. The van der Waals surface area contributed by atoms with E-state index < -0.39 is 6.04 Å². The third-order valence-corrected chi connectivity index (χ3v) is 5.70. The SMILES string of the molecule is CSC(C)(C)[C@H](N)C(=O)NCCc1noc(C2CCCC2)n1. The van der Waals surface area contributed by atoms with E-state index in [1.54, 1.807) is 11.8 Å². The first kappa shape index (κ1) is 17.3. The lowest BCUT2D eigenvalue weighted by Gasteiger charge is -2.28. The molecule has 2 rings (SSSR count). The molecule has 1 amide bonds. The lowest BCUT2D eigenvalue weighted by molar-refractivity contribution is -0.122. The zero-order valence-corrected chi connectivity index (χ0v) is 14.4. The number of hydrogen-bond donors (Lipinski definition) is 2. The molecule has 0 unspecified atom stereocenters. The first-order valence-electron chi connectivity index (χ1n) is 7.85. The fraction of sp³-hybridized carbons (Fsp3) is 0.800. The molecule has 1 aromatic rings. The maximum atomic E-state index is 12.0. The summed E-state index contributed by atoms with van der Waals surface area (Å²) in [5.74, 6) is 1.68. The summed E-state index contributed by atoms with van der Waals surface area (Å²) in [5.41, 5.74) is 5.99. The van der Waals surface area contributed by atoms with E-state index in [-0.39, 0.29) is 10.7 Å². The van der Waals surface area contributed by atoms with Gasteiger partial charge in [-0.3, -0.25) is 4.79 Å². The van der Waals surface area contributed by atoms with E-state index in [1.165, 1.54) is 12.8 Å². The Hall–Kier alpha value is -1.08. The molecule has 0 radical (unpaired) electrons. The molecule has 0 saturated heterocycles. The van der Waals surface area contributed by atoms with Crippen LogP contribution in [-0.4, -0.2) is 39.6 Å². The fourth-order valence-corrected chi connectivity index (χ4v) is 2.92. The van der Waals surface area contributed by atoms with Crippen molar-refractivity contribution in [3.8, 4) is 0 Å². The number of carbonyl (C=O) groups excluding carboxylic acids is 1. The molecule has 124 valence electrons. The number of hydrogen-bond acceptors (Lipinski definition) is 6. The minimum absolute atomic E-state index is 0.140. The molecule has 3 N–H and O–H groups in total. The van der Waals surface area contributed by atoms with E-state index in [9.17, 15) is 4.79 Å². The predicted molar refractivity (Wildman–Crippen MR) is 87.8 cm³/mol. The van der Waals surface area contributed by atoms with Gasteiger partial charge in [-0.2, -0.15) is 16.7 Å². The van der Waals surface area contributed by atoms with Crippen LogP contribution in [0.4, 0.5) is 0 Å². The molecule has 1 fully saturated rings. The monoisotopic (exact) mass is 326 g/mol. The second kappa shape index (κ2) is 7.46. The largest absolute Gasteiger partial charge is 0.354 e. The zero-order chi connectivity index (χ0) is 16.2. The van der Waals surface area contributed by atoms with Crippen molar-refractivity contribution in [3.05, 3.63) is 11.7 Å². The number of nitrogens with one attached hydrogen (secondary N) is 1. The minimum Gasteiger partial charge on any atom is -0.354 e. The van der Waals surface area contributed by atoms with Gasteiger partial charge in [-0.05, 0) is 32.9 Å². The summed E-state index contributed by atoms with van der Waals surface area (Å²) < 4.78 is 5.04. The zero-order valence-electron chi connectivity index (χ0n) is 13.6. The van der Waals surface area contributed by atoms with Crippen molar-refractivity contribution >= 4 is 17.7 Å². The van der Waals surface area contributed by atoms with Crippen LogP contribution >= 0.6 is 11.8 Å². The molecule has 0 aromatic carbocycles. The molecule has 1 aromatic heterocycles. The molecule has 1 aliphatic rings. The summed E-state index contributed by atoms with van der Waals surface area (Å²) in [7, 11) is 0. The van der Waals surface area contributed by atoms with Crippen LogP contribution in [0.3, 0.4) is 0 Å². The predicted octanol–water partition coefficient (Wildman–Crippen LogP) is 1.85.